The lowest BCUT2D eigenvalue weighted by Crippen LogP contribution is -2.26. The maximum absolute atomic E-state index is 12.3. The smallest absolute Gasteiger partial charge is 0.251 e. The maximum atomic E-state index is 12.3. The van der Waals surface area contributed by atoms with Gasteiger partial charge in [-0.2, -0.15) is 35.0 Å². The van der Waals surface area contributed by atoms with Crippen LogP contribution in [-0.2, 0) is 28.3 Å². The zero-order valence-corrected chi connectivity index (χ0v) is 60.4. The lowest BCUT2D eigenvalue weighted by molar-refractivity contribution is 0.0242. The average molecular weight is 1460 g/mol. The maximum Gasteiger partial charge on any atom is 0.251 e. The van der Waals surface area contributed by atoms with Gasteiger partial charge < -0.3 is 104 Å². The number of anilines is 6. The first-order valence-corrected chi connectivity index (χ1v) is 34.3. The number of hydrogen-bond acceptors (Lipinski definition) is 25. The van der Waals surface area contributed by atoms with E-state index in [1.54, 1.807) is 106 Å². The molecule has 3 aromatic carbocycles. The molecule has 0 spiro atoms. The minimum atomic E-state index is -0.302. The summed E-state index contributed by atoms with van der Waals surface area (Å²) in [6, 6.07) is 19.1. The number of aromatic nitrogens is 13. The molecular weight excluding hydrogens is 1380 g/mol. The van der Waals surface area contributed by atoms with Crippen LogP contribution in [0.1, 0.15) is 56.8 Å². The summed E-state index contributed by atoms with van der Waals surface area (Å²) in [6.07, 6.45) is 19.8. The summed E-state index contributed by atoms with van der Waals surface area (Å²) in [7, 11) is 14.8. The molecular formula is C74H83N19O14. The number of carbonyl (C=O) groups excluding carboxylic acids is 3. The number of carbonyl (C=O) groups is 3. The topological polar surface area (TPSA) is 396 Å². The molecule has 107 heavy (non-hydrogen) atoms. The predicted octanol–water partition coefficient (Wildman–Crippen LogP) is 9.19. The zero-order valence-electron chi connectivity index (χ0n) is 60.4. The summed E-state index contributed by atoms with van der Waals surface area (Å²) in [5.74, 6) is 3.61. The van der Waals surface area contributed by atoms with Crippen LogP contribution in [-0.4, -0.2) is 202 Å². The van der Waals surface area contributed by atoms with E-state index in [0.717, 1.165) is 75.2 Å². The van der Waals surface area contributed by atoms with Gasteiger partial charge in [0.2, 0.25) is 35.5 Å². The highest BCUT2D eigenvalue weighted by molar-refractivity contribution is 6.01. The van der Waals surface area contributed by atoms with Crippen LogP contribution in [0.5, 0.6) is 40.6 Å². The van der Waals surface area contributed by atoms with Crippen LogP contribution in [0.3, 0.4) is 0 Å². The number of amides is 3. The van der Waals surface area contributed by atoms with Gasteiger partial charge in [-0.1, -0.05) is 0 Å². The van der Waals surface area contributed by atoms with Crippen molar-refractivity contribution in [2.24, 2.45) is 14.1 Å². The summed E-state index contributed by atoms with van der Waals surface area (Å²) in [5.41, 5.74) is 10.5. The van der Waals surface area contributed by atoms with Crippen molar-refractivity contribution in [3.8, 4) is 74.0 Å². The molecule has 11 heterocycles. The SMILES string of the molecule is CNC(=O)c1ccc(Nc2nc(OC3CCOCC3)c3c(-c4cncc(OC)c4)c[nH]c3n2)c(OC)c1.CNC(=O)c1ccc(Nc2nc(OCCOC)c3c(-c4cnn(C)c4)c[nH]c3n2)c(OC)c1.COc1cc(C(=O)NCCO)ccc1Nc1nc(OC2CCOCC2)c2c(-c3ccn(C)c3)c[nH]c2n1. The third-order valence-electron chi connectivity index (χ3n) is 17.3. The Morgan fingerprint density at radius 1 is 0.533 bits per heavy atom. The van der Waals surface area contributed by atoms with Gasteiger partial charge in [0.05, 0.1) is 114 Å². The van der Waals surface area contributed by atoms with Gasteiger partial charge in [-0.15, -0.1) is 0 Å². The minimum absolute atomic E-state index is 0.00974. The van der Waals surface area contributed by atoms with Crippen molar-refractivity contribution in [1.29, 1.82) is 0 Å². The number of fused-ring (bicyclic) bond motifs is 3. The lowest BCUT2D eigenvalue weighted by Gasteiger charge is -2.23. The molecule has 33 heteroatoms. The molecule has 558 valence electrons. The van der Waals surface area contributed by atoms with Gasteiger partial charge in [0.1, 0.15) is 58.8 Å². The molecule has 0 unspecified atom stereocenters. The fourth-order valence-electron chi connectivity index (χ4n) is 11.9. The highest BCUT2D eigenvalue weighted by Gasteiger charge is 2.27. The number of aliphatic hydroxyl groups is 1. The number of ether oxygens (including phenoxy) is 10. The minimum Gasteiger partial charge on any atom is -0.495 e. The third-order valence-corrected chi connectivity index (χ3v) is 17.3. The third kappa shape index (κ3) is 17.6. The predicted molar refractivity (Wildman–Crippen MR) is 399 cm³/mol. The number of rotatable bonds is 26. The molecule has 0 saturated carbocycles. The fraction of sp³-hybridized carbons (Fsp3) is 0.311. The molecule has 0 radical (unpaired) electrons. The van der Waals surface area contributed by atoms with Gasteiger partial charge in [-0.3, -0.25) is 24.0 Å². The zero-order chi connectivity index (χ0) is 74.9. The second-order valence-electron chi connectivity index (χ2n) is 24.4. The van der Waals surface area contributed by atoms with Crippen LogP contribution in [0.2, 0.25) is 0 Å². The molecule has 12 aromatic rings. The van der Waals surface area contributed by atoms with Crippen LogP contribution in [0.25, 0.3) is 66.5 Å². The first-order chi connectivity index (χ1) is 52.2. The molecule has 2 aliphatic heterocycles. The average Bonchev–Trinajstić information content (AvgIpc) is 1.67. The summed E-state index contributed by atoms with van der Waals surface area (Å²) < 4.78 is 60.4. The van der Waals surface area contributed by atoms with E-state index in [-0.39, 0.29) is 43.1 Å². The van der Waals surface area contributed by atoms with Crippen molar-refractivity contribution < 1.29 is 66.9 Å². The highest BCUT2D eigenvalue weighted by atomic mass is 16.5. The number of H-pyrrole nitrogens is 3. The van der Waals surface area contributed by atoms with Gasteiger partial charge in [0.25, 0.3) is 17.7 Å². The van der Waals surface area contributed by atoms with Crippen LogP contribution in [0.15, 0.2) is 123 Å². The van der Waals surface area contributed by atoms with Gasteiger partial charge in [0.15, 0.2) is 0 Å². The quantitative estimate of drug-likeness (QED) is 0.0226. The summed E-state index contributed by atoms with van der Waals surface area (Å²) in [4.78, 5) is 78.4. The lowest BCUT2D eigenvalue weighted by atomic mass is 10.1. The molecule has 10 N–H and O–H groups in total. The Balaban J connectivity index is 0.000000150. The van der Waals surface area contributed by atoms with E-state index in [0.29, 0.717) is 149 Å². The van der Waals surface area contributed by atoms with E-state index in [1.165, 1.54) is 21.3 Å². The second-order valence-corrected chi connectivity index (χ2v) is 24.4. The van der Waals surface area contributed by atoms with Gasteiger partial charge in [0, 0.05) is 161 Å². The molecule has 0 bridgehead atoms. The van der Waals surface area contributed by atoms with Crippen LogP contribution in [0, 0.1) is 0 Å². The Hall–Kier alpha value is -12.6. The molecule has 14 rings (SSSR count). The van der Waals surface area contributed by atoms with Crippen molar-refractivity contribution in [3.05, 3.63) is 139 Å². The Morgan fingerprint density at radius 2 is 1.00 bits per heavy atom. The number of aromatic amines is 3. The van der Waals surface area contributed by atoms with Crippen molar-refractivity contribution in [2.75, 3.05) is 118 Å². The van der Waals surface area contributed by atoms with Crippen LogP contribution < -0.4 is 65.1 Å². The molecule has 3 amide bonds. The van der Waals surface area contributed by atoms with Gasteiger partial charge in [-0.25, -0.2) is 0 Å². The Bertz CT molecular complexity index is 5080. The Labute approximate surface area is 613 Å². The van der Waals surface area contributed by atoms with Crippen molar-refractivity contribution in [1.82, 2.24) is 80.1 Å². The molecule has 2 fully saturated rings. The van der Waals surface area contributed by atoms with Crippen molar-refractivity contribution in [2.45, 2.75) is 37.9 Å². The fourth-order valence-corrected chi connectivity index (χ4v) is 11.9. The number of hydrogen-bond donors (Lipinski definition) is 10. The molecule has 2 aliphatic rings. The van der Waals surface area contributed by atoms with Crippen LogP contribution >= 0.6 is 0 Å². The number of pyridine rings is 1. The highest BCUT2D eigenvalue weighted by Crippen LogP contribution is 2.41. The van der Waals surface area contributed by atoms with E-state index < -0.39 is 0 Å². The molecule has 9 aromatic heterocycles. The molecule has 0 atom stereocenters. The summed E-state index contributed by atoms with van der Waals surface area (Å²) in [6.45, 7) is 3.35. The van der Waals surface area contributed by atoms with Crippen molar-refractivity contribution in [3.63, 3.8) is 0 Å². The number of aliphatic hydroxyl groups excluding tert-OH is 1. The number of methoxy groups -OCH3 is 5. The molecule has 0 aliphatic carbocycles. The molecule has 2 saturated heterocycles. The number of nitrogens with zero attached hydrogens (tertiary/aromatic N) is 10. The summed E-state index contributed by atoms with van der Waals surface area (Å²) in [5, 5.41) is 32.9. The normalized spacial score (nSPS) is 13.0. The van der Waals surface area contributed by atoms with E-state index in [9.17, 15) is 14.4 Å². The number of aryl methyl sites for hydroxylation is 2. The number of nitrogens with one attached hydrogen (secondary N) is 9. The molecule has 33 nitrogen and oxygen atoms in total. The Morgan fingerprint density at radius 3 is 1.43 bits per heavy atom. The first kappa shape index (κ1) is 74.1. The van der Waals surface area contributed by atoms with Gasteiger partial charge in [-0.05, 0) is 66.7 Å². The largest absolute Gasteiger partial charge is 0.495 e. The van der Waals surface area contributed by atoms with E-state index >= 15 is 0 Å². The first-order valence-electron chi connectivity index (χ1n) is 34.3. The Kier molecular flexibility index (Phi) is 24.1. The van der Waals surface area contributed by atoms with E-state index in [4.69, 9.17) is 72.4 Å². The monoisotopic (exact) mass is 1460 g/mol. The summed E-state index contributed by atoms with van der Waals surface area (Å²) >= 11 is 0. The second kappa shape index (κ2) is 34.8. The van der Waals surface area contributed by atoms with E-state index in [1.807, 2.05) is 68.0 Å². The van der Waals surface area contributed by atoms with Gasteiger partial charge >= 0.3 is 0 Å². The standard InChI is InChI=1S/C26H28N6O5.C26H30N6O5.C22H25N7O4/c1-27-24(33)15-4-5-20(21(11-15)35-3)30-26-31-23-22(25(32-26)37-17-6-8-36-9-7-17)19(14-29-23)16-10-18(34-2)13-28-12-16;1-32-9-5-17(15-32)19-14-28-23-22(19)25(37-18-6-11-36-12-7-18)31-26(30-23)29-20-4-3-16(13-21(20)35-2)24(34)27-8-10-33;1-23-20(30)13-5-6-16(17(9-13)32-4)26-22-27-19-18(21(28-22)33-8-7-31-3)15(11-24-19)14-10-25-29(2)12-14/h4-5,10-14,17H,6-9H2,1-3H3,(H,27,33)(H2,29,30,31,32);3-5,9,13-15,18,33H,6-8,10-12H2,1-2H3,(H,27,34)(H2,28,29,30,31);5-6,9-12H,7-8H2,1-4H3,(H,23,30)(H2,24,26,27,28). The van der Waals surface area contributed by atoms with E-state index in [2.05, 4.69) is 66.9 Å². The number of benzene rings is 3. The van der Waals surface area contributed by atoms with Crippen LogP contribution in [0.4, 0.5) is 34.9 Å². The van der Waals surface area contributed by atoms with Crippen molar-refractivity contribution >= 4 is 85.7 Å².